The van der Waals surface area contributed by atoms with Crippen LogP contribution in [0, 0.1) is 0 Å². The summed E-state index contributed by atoms with van der Waals surface area (Å²) in [4.78, 5) is 12.4. The third kappa shape index (κ3) is 4.56. The number of halogens is 3. The quantitative estimate of drug-likeness (QED) is 0.715. The molecular weight excluding hydrogens is 296 g/mol. The molecule has 0 spiro atoms. The fourth-order valence-corrected chi connectivity index (χ4v) is 2.36. The van der Waals surface area contributed by atoms with E-state index in [4.69, 9.17) is 39.5 Å². The zero-order chi connectivity index (χ0) is 13.5. The van der Waals surface area contributed by atoms with E-state index in [9.17, 15) is 4.79 Å². The van der Waals surface area contributed by atoms with Crippen LogP contribution in [0.3, 0.4) is 0 Å². The number of nitrogens with zero attached hydrogens (tertiary/aromatic N) is 1. The zero-order valence-electron chi connectivity index (χ0n) is 9.96. The van der Waals surface area contributed by atoms with Crippen molar-refractivity contribution in [1.29, 1.82) is 0 Å². The number of benzene rings is 1. The Morgan fingerprint density at radius 1 is 1.22 bits per heavy atom. The highest BCUT2D eigenvalue weighted by Crippen LogP contribution is 2.35. The molecule has 0 aliphatic carbocycles. The number of amides is 1. The van der Waals surface area contributed by atoms with Crippen LogP contribution in [0.25, 0.3) is 0 Å². The van der Waals surface area contributed by atoms with Gasteiger partial charge >= 0.3 is 0 Å². The molecule has 6 heteroatoms. The van der Waals surface area contributed by atoms with E-state index < -0.39 is 0 Å². The van der Waals surface area contributed by atoms with Crippen molar-refractivity contribution in [2.45, 2.75) is 13.3 Å². The van der Waals surface area contributed by atoms with E-state index in [0.717, 1.165) is 12.8 Å². The van der Waals surface area contributed by atoms with Gasteiger partial charge in [-0.05, 0) is 18.6 Å². The van der Waals surface area contributed by atoms with Crippen molar-refractivity contribution in [1.82, 2.24) is 4.90 Å². The SMILES string of the molecule is CCCN(C=O)CCOc1c(Cl)cc(Cl)cc1Cl. The Morgan fingerprint density at radius 3 is 2.33 bits per heavy atom. The molecule has 0 atom stereocenters. The van der Waals surface area contributed by atoms with Crippen LogP contribution < -0.4 is 4.74 Å². The topological polar surface area (TPSA) is 29.5 Å². The standard InChI is InChI=1S/C12H14Cl3NO2/c1-2-3-16(8-17)4-5-18-12-10(14)6-9(13)7-11(12)15/h6-8H,2-5H2,1H3. The average molecular weight is 311 g/mol. The van der Waals surface area contributed by atoms with Gasteiger partial charge in [0.2, 0.25) is 6.41 Å². The molecule has 0 unspecified atom stereocenters. The van der Waals surface area contributed by atoms with Gasteiger partial charge in [-0.15, -0.1) is 0 Å². The fourth-order valence-electron chi connectivity index (χ4n) is 1.44. The highest BCUT2D eigenvalue weighted by molar-refractivity contribution is 6.40. The maximum atomic E-state index is 10.7. The maximum absolute atomic E-state index is 10.7. The molecule has 0 aliphatic rings. The van der Waals surface area contributed by atoms with Crippen molar-refractivity contribution in [3.05, 3.63) is 27.2 Å². The lowest BCUT2D eigenvalue weighted by Gasteiger charge is -2.17. The molecule has 0 N–H and O–H groups in total. The molecule has 0 saturated carbocycles. The Balaban J connectivity index is 2.56. The zero-order valence-corrected chi connectivity index (χ0v) is 12.2. The minimum absolute atomic E-state index is 0.333. The summed E-state index contributed by atoms with van der Waals surface area (Å²) in [6.45, 7) is 3.53. The highest BCUT2D eigenvalue weighted by atomic mass is 35.5. The summed E-state index contributed by atoms with van der Waals surface area (Å²) in [7, 11) is 0. The molecule has 18 heavy (non-hydrogen) atoms. The van der Waals surface area contributed by atoms with Crippen molar-refractivity contribution in [3.8, 4) is 5.75 Å². The van der Waals surface area contributed by atoms with E-state index in [-0.39, 0.29) is 0 Å². The van der Waals surface area contributed by atoms with Crippen molar-refractivity contribution in [2.75, 3.05) is 19.7 Å². The largest absolute Gasteiger partial charge is 0.489 e. The fraction of sp³-hybridized carbons (Fsp3) is 0.417. The molecule has 0 radical (unpaired) electrons. The summed E-state index contributed by atoms with van der Waals surface area (Å²) in [5.74, 6) is 0.394. The van der Waals surface area contributed by atoms with Gasteiger partial charge < -0.3 is 9.64 Å². The molecule has 0 heterocycles. The number of carbonyl (C=O) groups is 1. The first-order valence-corrected chi connectivity index (χ1v) is 6.68. The number of hydrogen-bond acceptors (Lipinski definition) is 2. The van der Waals surface area contributed by atoms with Crippen LogP contribution in [-0.2, 0) is 4.79 Å². The monoisotopic (exact) mass is 309 g/mol. The van der Waals surface area contributed by atoms with E-state index in [2.05, 4.69) is 0 Å². The molecule has 1 aromatic carbocycles. The molecular formula is C12H14Cl3NO2. The van der Waals surface area contributed by atoms with Gasteiger partial charge in [-0.1, -0.05) is 41.7 Å². The van der Waals surface area contributed by atoms with Crippen molar-refractivity contribution in [2.24, 2.45) is 0 Å². The van der Waals surface area contributed by atoms with Crippen LogP contribution in [0.2, 0.25) is 15.1 Å². The number of rotatable bonds is 7. The number of ether oxygens (including phenoxy) is 1. The van der Waals surface area contributed by atoms with Crippen molar-refractivity contribution < 1.29 is 9.53 Å². The summed E-state index contributed by atoms with van der Waals surface area (Å²) >= 11 is 17.7. The van der Waals surface area contributed by atoms with Crippen molar-refractivity contribution in [3.63, 3.8) is 0 Å². The van der Waals surface area contributed by atoms with Gasteiger partial charge in [0.25, 0.3) is 0 Å². The van der Waals surface area contributed by atoms with E-state index in [1.165, 1.54) is 0 Å². The van der Waals surface area contributed by atoms with E-state index in [0.29, 0.717) is 40.5 Å². The Bertz CT molecular complexity index is 389. The second-order valence-electron chi connectivity index (χ2n) is 3.69. The Hall–Kier alpha value is -0.640. The lowest BCUT2D eigenvalue weighted by Crippen LogP contribution is -2.27. The second kappa shape index (κ2) is 7.72. The van der Waals surface area contributed by atoms with Gasteiger partial charge in [0, 0.05) is 11.6 Å². The van der Waals surface area contributed by atoms with Crippen LogP contribution in [-0.4, -0.2) is 31.0 Å². The minimum Gasteiger partial charge on any atom is -0.489 e. The van der Waals surface area contributed by atoms with Crippen LogP contribution >= 0.6 is 34.8 Å². The average Bonchev–Trinajstić information content (AvgIpc) is 2.31. The van der Waals surface area contributed by atoms with Gasteiger partial charge in [0.05, 0.1) is 16.6 Å². The Morgan fingerprint density at radius 2 is 1.83 bits per heavy atom. The van der Waals surface area contributed by atoms with Gasteiger partial charge in [-0.2, -0.15) is 0 Å². The number of carbonyl (C=O) groups excluding carboxylic acids is 1. The minimum atomic E-state index is 0.333. The van der Waals surface area contributed by atoms with Crippen LogP contribution in [0.1, 0.15) is 13.3 Å². The summed E-state index contributed by atoms with van der Waals surface area (Å²) in [6.07, 6.45) is 1.71. The molecule has 0 aromatic heterocycles. The first-order valence-electron chi connectivity index (χ1n) is 5.55. The molecule has 0 bridgehead atoms. The van der Waals surface area contributed by atoms with Crippen LogP contribution in [0.4, 0.5) is 0 Å². The molecule has 0 aliphatic heterocycles. The van der Waals surface area contributed by atoms with Gasteiger partial charge in [0.15, 0.2) is 5.75 Å². The van der Waals surface area contributed by atoms with E-state index in [1.807, 2.05) is 6.92 Å². The molecule has 100 valence electrons. The van der Waals surface area contributed by atoms with E-state index in [1.54, 1.807) is 17.0 Å². The van der Waals surface area contributed by atoms with Crippen LogP contribution in [0.15, 0.2) is 12.1 Å². The third-order valence-corrected chi connectivity index (χ3v) is 3.03. The van der Waals surface area contributed by atoms with Gasteiger partial charge in [0.1, 0.15) is 6.61 Å². The summed E-state index contributed by atoms with van der Waals surface area (Å²) < 4.78 is 5.48. The smallest absolute Gasteiger partial charge is 0.209 e. The van der Waals surface area contributed by atoms with Crippen LogP contribution in [0.5, 0.6) is 5.75 Å². The Kier molecular flexibility index (Phi) is 6.61. The van der Waals surface area contributed by atoms with Gasteiger partial charge in [-0.3, -0.25) is 4.79 Å². The highest BCUT2D eigenvalue weighted by Gasteiger charge is 2.09. The number of hydrogen-bond donors (Lipinski definition) is 0. The first-order chi connectivity index (χ1) is 8.58. The van der Waals surface area contributed by atoms with Crippen molar-refractivity contribution >= 4 is 41.2 Å². The Labute approximate surface area is 122 Å². The molecule has 1 amide bonds. The molecule has 1 rings (SSSR count). The molecule has 0 saturated heterocycles. The summed E-state index contributed by atoms with van der Waals surface area (Å²) in [6, 6.07) is 3.13. The third-order valence-electron chi connectivity index (χ3n) is 2.25. The molecule has 1 aromatic rings. The predicted octanol–water partition coefficient (Wildman–Crippen LogP) is 3.89. The lowest BCUT2D eigenvalue weighted by atomic mass is 10.3. The normalized spacial score (nSPS) is 10.2. The summed E-state index contributed by atoms with van der Waals surface area (Å²) in [5.41, 5.74) is 0. The second-order valence-corrected chi connectivity index (χ2v) is 4.94. The van der Waals surface area contributed by atoms with E-state index >= 15 is 0 Å². The molecule has 3 nitrogen and oxygen atoms in total. The first kappa shape index (κ1) is 15.4. The maximum Gasteiger partial charge on any atom is 0.209 e. The molecule has 0 fully saturated rings. The predicted molar refractivity (Wildman–Crippen MR) is 74.9 cm³/mol. The summed E-state index contributed by atoms with van der Waals surface area (Å²) in [5, 5.41) is 1.18. The van der Waals surface area contributed by atoms with Gasteiger partial charge in [-0.25, -0.2) is 0 Å². The lowest BCUT2D eigenvalue weighted by molar-refractivity contribution is -0.118.